The minimum Gasteiger partial charge on any atom is -0.315 e. The summed E-state index contributed by atoms with van der Waals surface area (Å²) in [5.41, 5.74) is -0.311. The van der Waals surface area contributed by atoms with E-state index in [2.05, 4.69) is 15.7 Å². The van der Waals surface area contributed by atoms with Gasteiger partial charge in [-0.1, -0.05) is 12.8 Å². The predicted molar refractivity (Wildman–Crippen MR) is 87.8 cm³/mol. The van der Waals surface area contributed by atoms with Gasteiger partial charge in [-0.25, -0.2) is 8.42 Å². The van der Waals surface area contributed by atoms with E-state index in [1.807, 2.05) is 0 Å². The third-order valence-electron chi connectivity index (χ3n) is 5.06. The molecule has 0 radical (unpaired) electrons. The van der Waals surface area contributed by atoms with Gasteiger partial charge in [-0.15, -0.1) is 0 Å². The molecule has 2 atom stereocenters. The second-order valence-electron chi connectivity index (χ2n) is 6.78. The molecular weight excluding hydrogens is 316 g/mol. The summed E-state index contributed by atoms with van der Waals surface area (Å²) in [5.74, 6) is 0.982. The van der Waals surface area contributed by atoms with E-state index in [9.17, 15) is 13.2 Å². The van der Waals surface area contributed by atoms with Crippen molar-refractivity contribution in [2.45, 2.75) is 32.2 Å². The fourth-order valence-corrected chi connectivity index (χ4v) is 4.26. The number of fused-ring (bicyclic) bond motifs is 1. The van der Waals surface area contributed by atoms with Gasteiger partial charge in [0.2, 0.25) is 5.91 Å². The van der Waals surface area contributed by atoms with Crippen LogP contribution in [0.2, 0.25) is 0 Å². The molecule has 0 aromatic carbocycles. The van der Waals surface area contributed by atoms with E-state index in [-0.39, 0.29) is 17.1 Å². The Morgan fingerprint density at radius 2 is 2.35 bits per heavy atom. The highest BCUT2D eigenvalue weighted by Crippen LogP contribution is 2.44. The van der Waals surface area contributed by atoms with Gasteiger partial charge in [-0.3, -0.25) is 9.48 Å². The molecule has 0 bridgehead atoms. The van der Waals surface area contributed by atoms with Gasteiger partial charge in [0, 0.05) is 25.1 Å². The molecule has 1 aliphatic heterocycles. The first-order valence-corrected chi connectivity index (χ1v) is 10.2. The molecule has 1 saturated heterocycles. The first-order chi connectivity index (χ1) is 10.9. The number of amides is 1. The van der Waals surface area contributed by atoms with Crippen molar-refractivity contribution in [3.63, 3.8) is 0 Å². The number of carbonyl (C=O) groups excluding carboxylic acids is 1. The second-order valence-corrected chi connectivity index (χ2v) is 9.04. The standard InChI is InChI=1S/C15H24N4O3S/c1-23(21,22)9-8-19-7-5-13(18-19)17-14(20)15-6-3-2-4-12(15)10-16-11-15/h5,7,12,16H,2-4,6,8-11H2,1H3,(H,17,18,20)/t12-,15+/m0/s1. The Bertz CT molecular complexity index is 685. The van der Waals surface area contributed by atoms with Crippen LogP contribution in [0.3, 0.4) is 0 Å². The lowest BCUT2D eigenvalue weighted by atomic mass is 9.67. The van der Waals surface area contributed by atoms with Gasteiger partial charge in [0.05, 0.1) is 17.7 Å². The van der Waals surface area contributed by atoms with Gasteiger partial charge >= 0.3 is 0 Å². The second kappa shape index (κ2) is 6.24. The van der Waals surface area contributed by atoms with Gasteiger partial charge in [0.15, 0.2) is 5.82 Å². The third kappa shape index (κ3) is 3.58. The normalized spacial score (nSPS) is 27.6. The lowest BCUT2D eigenvalue weighted by Crippen LogP contribution is -2.44. The number of carbonyl (C=O) groups is 1. The third-order valence-corrected chi connectivity index (χ3v) is 5.99. The Morgan fingerprint density at radius 3 is 3.13 bits per heavy atom. The van der Waals surface area contributed by atoms with Crippen LogP contribution < -0.4 is 10.6 Å². The molecule has 3 rings (SSSR count). The number of hydrogen-bond acceptors (Lipinski definition) is 5. The Hall–Kier alpha value is -1.41. The molecule has 2 fully saturated rings. The van der Waals surface area contributed by atoms with Crippen LogP contribution >= 0.6 is 0 Å². The molecule has 0 unspecified atom stereocenters. The van der Waals surface area contributed by atoms with Crippen molar-refractivity contribution in [2.24, 2.45) is 11.3 Å². The smallest absolute Gasteiger partial charge is 0.233 e. The summed E-state index contributed by atoms with van der Waals surface area (Å²) >= 11 is 0. The van der Waals surface area contributed by atoms with Crippen LogP contribution in [0.4, 0.5) is 5.82 Å². The quantitative estimate of drug-likeness (QED) is 0.821. The topological polar surface area (TPSA) is 93.1 Å². The maximum Gasteiger partial charge on any atom is 0.233 e. The number of hydrogen-bond donors (Lipinski definition) is 2. The first-order valence-electron chi connectivity index (χ1n) is 8.12. The largest absolute Gasteiger partial charge is 0.315 e. The Labute approximate surface area is 136 Å². The van der Waals surface area contributed by atoms with Gasteiger partial charge in [0.1, 0.15) is 9.84 Å². The van der Waals surface area contributed by atoms with Crippen molar-refractivity contribution in [3.05, 3.63) is 12.3 Å². The zero-order valence-corrected chi connectivity index (χ0v) is 14.2. The molecule has 7 nitrogen and oxygen atoms in total. The molecule has 1 saturated carbocycles. The lowest BCUT2D eigenvalue weighted by Gasteiger charge is -2.36. The maximum atomic E-state index is 12.8. The Kier molecular flexibility index (Phi) is 4.46. The van der Waals surface area contributed by atoms with Crippen molar-refractivity contribution < 1.29 is 13.2 Å². The summed E-state index contributed by atoms with van der Waals surface area (Å²) in [6, 6.07) is 1.72. The fraction of sp³-hybridized carbons (Fsp3) is 0.733. The van der Waals surface area contributed by atoms with Crippen LogP contribution in [0.1, 0.15) is 25.7 Å². The van der Waals surface area contributed by atoms with Crippen molar-refractivity contribution >= 4 is 21.6 Å². The number of sulfone groups is 1. The van der Waals surface area contributed by atoms with E-state index in [1.165, 1.54) is 12.7 Å². The average Bonchev–Trinajstić information content (AvgIpc) is 3.11. The zero-order chi connectivity index (χ0) is 16.5. The highest BCUT2D eigenvalue weighted by Gasteiger charge is 2.49. The predicted octanol–water partition coefficient (Wildman–Crippen LogP) is 0.646. The molecule has 1 aliphatic carbocycles. The maximum absolute atomic E-state index is 12.8. The van der Waals surface area contributed by atoms with Crippen LogP contribution in [0.15, 0.2) is 12.3 Å². The molecule has 23 heavy (non-hydrogen) atoms. The van der Waals surface area contributed by atoms with Crippen LogP contribution in [-0.4, -0.2) is 49.2 Å². The van der Waals surface area contributed by atoms with E-state index in [1.54, 1.807) is 16.9 Å². The molecule has 1 aromatic rings. The lowest BCUT2D eigenvalue weighted by molar-refractivity contribution is -0.128. The van der Waals surface area contributed by atoms with Gasteiger partial charge < -0.3 is 10.6 Å². The number of nitrogens with zero attached hydrogens (tertiary/aromatic N) is 2. The monoisotopic (exact) mass is 340 g/mol. The Balaban J connectivity index is 1.65. The number of nitrogens with one attached hydrogen (secondary N) is 2. The first kappa shape index (κ1) is 16.4. The summed E-state index contributed by atoms with van der Waals surface area (Å²) < 4.78 is 24.0. The molecule has 1 aromatic heterocycles. The van der Waals surface area contributed by atoms with Crippen molar-refractivity contribution in [3.8, 4) is 0 Å². The molecular formula is C15H24N4O3S. The molecule has 2 heterocycles. The fourth-order valence-electron chi connectivity index (χ4n) is 3.74. The molecule has 0 spiro atoms. The van der Waals surface area contributed by atoms with Crippen LogP contribution in [0, 0.1) is 11.3 Å². The highest BCUT2D eigenvalue weighted by molar-refractivity contribution is 7.90. The van der Waals surface area contributed by atoms with Crippen molar-refractivity contribution in [1.82, 2.24) is 15.1 Å². The van der Waals surface area contributed by atoms with Crippen molar-refractivity contribution in [2.75, 3.05) is 30.4 Å². The van der Waals surface area contributed by atoms with Gasteiger partial charge in [0.25, 0.3) is 0 Å². The molecule has 1 amide bonds. The molecule has 128 valence electrons. The average molecular weight is 340 g/mol. The van der Waals surface area contributed by atoms with Gasteiger partial charge in [-0.2, -0.15) is 5.10 Å². The molecule has 2 aliphatic rings. The molecule has 2 N–H and O–H groups in total. The summed E-state index contributed by atoms with van der Waals surface area (Å²) in [4.78, 5) is 12.8. The van der Waals surface area contributed by atoms with E-state index in [0.29, 0.717) is 18.3 Å². The minimum atomic E-state index is -3.02. The highest BCUT2D eigenvalue weighted by atomic mass is 32.2. The summed E-state index contributed by atoms with van der Waals surface area (Å²) in [6.07, 6.45) is 7.21. The number of aromatic nitrogens is 2. The van der Waals surface area contributed by atoms with Crippen LogP contribution in [0.25, 0.3) is 0 Å². The van der Waals surface area contributed by atoms with Gasteiger partial charge in [-0.05, 0) is 25.3 Å². The zero-order valence-electron chi connectivity index (χ0n) is 13.4. The minimum absolute atomic E-state index is 0.0397. The van der Waals surface area contributed by atoms with E-state index in [4.69, 9.17) is 0 Å². The summed E-state index contributed by atoms with van der Waals surface area (Å²) in [5, 5.41) is 10.6. The summed E-state index contributed by atoms with van der Waals surface area (Å²) in [6.45, 7) is 1.94. The van der Waals surface area contributed by atoms with E-state index >= 15 is 0 Å². The molecule has 8 heteroatoms. The summed E-state index contributed by atoms with van der Waals surface area (Å²) in [7, 11) is -3.02. The van der Waals surface area contributed by atoms with Crippen molar-refractivity contribution in [1.29, 1.82) is 0 Å². The van der Waals surface area contributed by atoms with Crippen LogP contribution in [0.5, 0.6) is 0 Å². The number of aryl methyl sites for hydroxylation is 1. The van der Waals surface area contributed by atoms with E-state index in [0.717, 1.165) is 32.4 Å². The number of rotatable bonds is 5. The van der Waals surface area contributed by atoms with Crippen LogP contribution in [-0.2, 0) is 21.2 Å². The SMILES string of the molecule is CS(=O)(=O)CCn1ccc(NC(=O)[C@@]23CCCC[C@H]2CNC3)n1. The van der Waals surface area contributed by atoms with E-state index < -0.39 is 9.84 Å². The number of anilines is 1. The Morgan fingerprint density at radius 1 is 1.52 bits per heavy atom.